The van der Waals surface area contributed by atoms with E-state index < -0.39 is 12.5 Å². The highest BCUT2D eigenvalue weighted by Gasteiger charge is 2.17. The van der Waals surface area contributed by atoms with Crippen LogP contribution in [0.4, 0.5) is 8.78 Å². The van der Waals surface area contributed by atoms with Crippen LogP contribution in [0.1, 0.15) is 29.9 Å². The first-order valence-corrected chi connectivity index (χ1v) is 8.81. The second-order valence-corrected chi connectivity index (χ2v) is 6.03. The number of alkyl halides is 2. The van der Waals surface area contributed by atoms with Crippen molar-refractivity contribution in [1.29, 1.82) is 0 Å². The van der Waals surface area contributed by atoms with E-state index in [9.17, 15) is 18.4 Å². The predicted molar refractivity (Wildman–Crippen MR) is 104 cm³/mol. The van der Waals surface area contributed by atoms with E-state index in [1.807, 2.05) is 0 Å². The lowest BCUT2D eigenvalue weighted by atomic mass is 10.1. The average molecular weight is 400 g/mol. The van der Waals surface area contributed by atoms with Gasteiger partial charge in [-0.3, -0.25) is 9.59 Å². The smallest absolute Gasteiger partial charge is 0.387 e. The van der Waals surface area contributed by atoms with Gasteiger partial charge in [0.2, 0.25) is 0 Å². The van der Waals surface area contributed by atoms with Gasteiger partial charge in [-0.1, -0.05) is 30.3 Å². The number of hydrogen-bond acceptors (Lipinski definition) is 5. The van der Waals surface area contributed by atoms with Crippen molar-refractivity contribution in [3.63, 3.8) is 0 Å². The number of para-hydroxylation sites is 1. The number of hydrazone groups is 1. The zero-order valence-corrected chi connectivity index (χ0v) is 15.7. The summed E-state index contributed by atoms with van der Waals surface area (Å²) in [7, 11) is 0. The van der Waals surface area contributed by atoms with Crippen LogP contribution in [0, 0.1) is 0 Å². The van der Waals surface area contributed by atoms with Crippen LogP contribution in [-0.4, -0.2) is 28.0 Å². The highest BCUT2D eigenvalue weighted by molar-refractivity contribution is 6.06. The molecule has 0 spiro atoms. The van der Waals surface area contributed by atoms with Crippen LogP contribution < -0.4 is 15.7 Å². The van der Waals surface area contributed by atoms with Crippen LogP contribution in [0.25, 0.3) is 10.8 Å². The molecule has 0 aliphatic heterocycles. The minimum absolute atomic E-state index is 0.0377. The Balaban J connectivity index is 1.94. The molecule has 0 aliphatic rings. The molecule has 0 aliphatic carbocycles. The van der Waals surface area contributed by atoms with Crippen molar-refractivity contribution in [2.45, 2.75) is 27.0 Å². The Bertz CT molecular complexity index is 1140. The fourth-order valence-electron chi connectivity index (χ4n) is 2.83. The van der Waals surface area contributed by atoms with E-state index in [1.54, 1.807) is 56.3 Å². The first kappa shape index (κ1) is 20.1. The van der Waals surface area contributed by atoms with Crippen LogP contribution in [0.5, 0.6) is 5.75 Å². The maximum Gasteiger partial charge on any atom is 0.387 e. The van der Waals surface area contributed by atoms with Gasteiger partial charge in [-0.2, -0.15) is 19.0 Å². The third-order valence-electron chi connectivity index (χ3n) is 4.20. The van der Waals surface area contributed by atoms with Gasteiger partial charge in [0.05, 0.1) is 11.1 Å². The monoisotopic (exact) mass is 400 g/mol. The number of amides is 1. The fraction of sp³-hybridized carbons (Fsp3) is 0.200. The van der Waals surface area contributed by atoms with Crippen molar-refractivity contribution in [2.75, 3.05) is 0 Å². The normalized spacial score (nSPS) is 11.7. The molecule has 0 bridgehead atoms. The largest absolute Gasteiger partial charge is 0.434 e. The van der Waals surface area contributed by atoms with Crippen LogP contribution in [0.2, 0.25) is 0 Å². The number of rotatable bonds is 6. The Morgan fingerprint density at radius 2 is 1.83 bits per heavy atom. The van der Waals surface area contributed by atoms with Crippen molar-refractivity contribution in [1.82, 2.24) is 15.2 Å². The third kappa shape index (κ3) is 4.29. The Kier molecular flexibility index (Phi) is 5.96. The van der Waals surface area contributed by atoms with E-state index in [0.717, 1.165) is 0 Å². The first-order chi connectivity index (χ1) is 13.9. The van der Waals surface area contributed by atoms with Crippen molar-refractivity contribution in [2.24, 2.45) is 5.10 Å². The lowest BCUT2D eigenvalue weighted by molar-refractivity contribution is -0.0499. The van der Waals surface area contributed by atoms with E-state index >= 15 is 0 Å². The maximum atomic E-state index is 12.7. The molecule has 1 aromatic heterocycles. The molecule has 0 atom stereocenters. The Labute approximate surface area is 164 Å². The van der Waals surface area contributed by atoms with Crippen molar-refractivity contribution in [3.8, 4) is 5.75 Å². The summed E-state index contributed by atoms with van der Waals surface area (Å²) < 4.78 is 30.8. The minimum Gasteiger partial charge on any atom is -0.434 e. The Morgan fingerprint density at radius 3 is 2.52 bits per heavy atom. The summed E-state index contributed by atoms with van der Waals surface area (Å²) in [6, 6.07) is 12.8. The predicted octanol–water partition coefficient (Wildman–Crippen LogP) is 3.17. The van der Waals surface area contributed by atoms with E-state index in [4.69, 9.17) is 0 Å². The summed E-state index contributed by atoms with van der Waals surface area (Å²) in [6.07, 6.45) is 0. The zero-order valence-electron chi connectivity index (χ0n) is 15.7. The van der Waals surface area contributed by atoms with Gasteiger partial charge in [-0.25, -0.2) is 10.1 Å². The molecule has 2 aromatic carbocycles. The van der Waals surface area contributed by atoms with Gasteiger partial charge < -0.3 is 4.74 Å². The number of halogens is 2. The summed E-state index contributed by atoms with van der Waals surface area (Å²) in [4.78, 5) is 25.1. The summed E-state index contributed by atoms with van der Waals surface area (Å²) in [6.45, 7) is 0.605. The summed E-state index contributed by atoms with van der Waals surface area (Å²) in [5.41, 5.74) is 2.69. The number of carbonyl (C=O) groups is 1. The van der Waals surface area contributed by atoms with E-state index in [1.165, 1.54) is 10.7 Å². The van der Waals surface area contributed by atoms with Gasteiger partial charge in [-0.15, -0.1) is 0 Å². The maximum absolute atomic E-state index is 12.7. The lowest BCUT2D eigenvalue weighted by Gasteiger charge is -2.11. The molecular formula is C20H18F2N4O3. The second-order valence-electron chi connectivity index (χ2n) is 6.03. The molecule has 150 valence electrons. The molecule has 3 aromatic rings. The van der Waals surface area contributed by atoms with Gasteiger partial charge in [0.15, 0.2) is 5.69 Å². The van der Waals surface area contributed by atoms with Gasteiger partial charge in [0.25, 0.3) is 11.5 Å². The number of nitrogens with one attached hydrogen (secondary N) is 1. The Morgan fingerprint density at radius 1 is 1.17 bits per heavy atom. The summed E-state index contributed by atoms with van der Waals surface area (Å²) >= 11 is 0. The number of aryl methyl sites for hydroxylation is 1. The van der Waals surface area contributed by atoms with Crippen molar-refractivity contribution in [3.05, 3.63) is 70.1 Å². The van der Waals surface area contributed by atoms with Crippen molar-refractivity contribution >= 4 is 22.4 Å². The van der Waals surface area contributed by atoms with Crippen LogP contribution in [-0.2, 0) is 6.54 Å². The molecule has 0 saturated carbocycles. The van der Waals surface area contributed by atoms with Gasteiger partial charge >= 0.3 is 6.61 Å². The SMILES string of the molecule is CCn1nc(C(=O)N/N=C(\C)c2ccccc2OC(F)F)c2ccccc2c1=O. The van der Waals surface area contributed by atoms with Crippen molar-refractivity contribution < 1.29 is 18.3 Å². The second kappa shape index (κ2) is 8.59. The average Bonchev–Trinajstić information content (AvgIpc) is 2.72. The molecule has 0 unspecified atom stereocenters. The first-order valence-electron chi connectivity index (χ1n) is 8.81. The summed E-state index contributed by atoms with van der Waals surface area (Å²) in [5.74, 6) is -0.684. The van der Waals surface area contributed by atoms with Crippen LogP contribution in [0.15, 0.2) is 58.4 Å². The minimum atomic E-state index is -2.98. The number of aromatic nitrogens is 2. The molecule has 7 nitrogen and oxygen atoms in total. The molecule has 0 fully saturated rings. The molecule has 1 heterocycles. The molecule has 0 saturated heterocycles. The quantitative estimate of drug-likeness (QED) is 0.509. The highest BCUT2D eigenvalue weighted by Crippen LogP contribution is 2.21. The number of nitrogens with zero attached hydrogens (tertiary/aromatic N) is 3. The highest BCUT2D eigenvalue weighted by atomic mass is 19.3. The number of hydrogen-bond donors (Lipinski definition) is 1. The Hall–Kier alpha value is -3.62. The molecular weight excluding hydrogens is 382 g/mol. The number of benzene rings is 2. The number of ether oxygens (including phenoxy) is 1. The molecule has 1 amide bonds. The summed E-state index contributed by atoms with van der Waals surface area (Å²) in [5, 5.41) is 8.88. The van der Waals surface area contributed by atoms with Crippen LogP contribution in [0.3, 0.4) is 0 Å². The molecule has 9 heteroatoms. The third-order valence-corrected chi connectivity index (χ3v) is 4.20. The molecule has 0 radical (unpaired) electrons. The van der Waals surface area contributed by atoms with E-state index in [-0.39, 0.29) is 22.7 Å². The van der Waals surface area contributed by atoms with Crippen LogP contribution >= 0.6 is 0 Å². The number of fused-ring (bicyclic) bond motifs is 1. The van der Waals surface area contributed by atoms with Gasteiger partial charge in [0.1, 0.15) is 5.75 Å². The van der Waals surface area contributed by atoms with E-state index in [0.29, 0.717) is 22.9 Å². The molecule has 3 rings (SSSR count). The molecule has 1 N–H and O–H groups in total. The zero-order chi connectivity index (χ0) is 21.0. The standard InChI is InChI=1S/C20H18F2N4O3/c1-3-26-19(28)15-10-5-4-9-14(15)17(25-26)18(27)24-23-12(2)13-8-6-7-11-16(13)29-20(21)22/h4-11,20H,3H2,1-2H3,(H,24,27)/b23-12+. The molecule has 29 heavy (non-hydrogen) atoms. The van der Waals surface area contributed by atoms with E-state index in [2.05, 4.69) is 20.4 Å². The topological polar surface area (TPSA) is 85.6 Å². The lowest BCUT2D eigenvalue weighted by Crippen LogP contribution is -2.29. The van der Waals surface area contributed by atoms with Gasteiger partial charge in [0, 0.05) is 17.5 Å². The fourth-order valence-corrected chi connectivity index (χ4v) is 2.83. The van der Waals surface area contributed by atoms with Gasteiger partial charge in [-0.05, 0) is 32.0 Å². The number of carbonyl (C=O) groups excluding carboxylic acids is 1.